The number of hydrogen-bond donors (Lipinski definition) is 0. The SMILES string of the molecule is COC(=O)c1cc2ccccc2cc1OCC1CCN(C(=O)OC(C)(C)C)C1. The summed E-state index contributed by atoms with van der Waals surface area (Å²) >= 11 is 0. The fraction of sp³-hybridized carbons (Fsp3) is 0.455. The van der Waals surface area contributed by atoms with Gasteiger partial charge in [-0.2, -0.15) is 0 Å². The Morgan fingerprint density at radius 2 is 1.82 bits per heavy atom. The van der Waals surface area contributed by atoms with Crippen molar-refractivity contribution < 1.29 is 23.8 Å². The smallest absolute Gasteiger partial charge is 0.410 e. The molecular weight excluding hydrogens is 358 g/mol. The van der Waals surface area contributed by atoms with Crippen molar-refractivity contribution >= 4 is 22.8 Å². The van der Waals surface area contributed by atoms with E-state index in [-0.39, 0.29) is 12.0 Å². The predicted octanol–water partition coefficient (Wildman–Crippen LogP) is 4.26. The molecule has 1 heterocycles. The van der Waals surface area contributed by atoms with Gasteiger partial charge in [0.15, 0.2) is 0 Å². The van der Waals surface area contributed by atoms with E-state index in [1.807, 2.05) is 51.1 Å². The number of amides is 1. The van der Waals surface area contributed by atoms with Gasteiger partial charge in [0.05, 0.1) is 13.7 Å². The van der Waals surface area contributed by atoms with Crippen LogP contribution in [-0.2, 0) is 9.47 Å². The molecule has 0 N–H and O–H groups in total. The Bertz CT molecular complexity index is 871. The van der Waals surface area contributed by atoms with Crippen LogP contribution in [0.15, 0.2) is 36.4 Å². The zero-order valence-electron chi connectivity index (χ0n) is 16.9. The van der Waals surface area contributed by atoms with Gasteiger partial charge in [0, 0.05) is 19.0 Å². The molecule has 1 saturated heterocycles. The standard InChI is InChI=1S/C22H27NO5/c1-22(2,3)28-21(25)23-10-9-15(13-23)14-27-19-12-17-8-6-5-7-16(17)11-18(19)20(24)26-4/h5-8,11-12,15H,9-10,13-14H2,1-4H3. The molecule has 1 amide bonds. The van der Waals surface area contributed by atoms with Crippen LogP contribution in [0.2, 0.25) is 0 Å². The lowest BCUT2D eigenvalue weighted by atomic mass is 10.1. The number of likely N-dealkylation sites (tertiary alicyclic amines) is 1. The van der Waals surface area contributed by atoms with E-state index in [9.17, 15) is 9.59 Å². The number of nitrogens with zero attached hydrogens (tertiary/aromatic N) is 1. The lowest BCUT2D eigenvalue weighted by molar-refractivity contribution is 0.0284. The summed E-state index contributed by atoms with van der Waals surface area (Å²) in [7, 11) is 1.36. The highest BCUT2D eigenvalue weighted by molar-refractivity contribution is 5.98. The second-order valence-electron chi connectivity index (χ2n) is 8.08. The normalized spacial score (nSPS) is 16.9. The molecule has 2 aromatic rings. The minimum absolute atomic E-state index is 0.185. The maximum Gasteiger partial charge on any atom is 0.410 e. The van der Waals surface area contributed by atoms with Crippen molar-refractivity contribution in [1.29, 1.82) is 0 Å². The number of ether oxygens (including phenoxy) is 3. The Morgan fingerprint density at radius 1 is 1.14 bits per heavy atom. The van der Waals surface area contributed by atoms with Crippen molar-refractivity contribution in [2.45, 2.75) is 32.8 Å². The first kappa shape index (κ1) is 20.0. The topological polar surface area (TPSA) is 65.1 Å². The fourth-order valence-electron chi connectivity index (χ4n) is 3.28. The number of fused-ring (bicyclic) bond motifs is 1. The van der Waals surface area contributed by atoms with Gasteiger partial charge in [-0.1, -0.05) is 24.3 Å². The van der Waals surface area contributed by atoms with E-state index < -0.39 is 11.6 Å². The first-order chi connectivity index (χ1) is 13.3. The molecule has 3 rings (SSSR count). The van der Waals surface area contributed by atoms with E-state index in [0.717, 1.165) is 17.2 Å². The number of carbonyl (C=O) groups excluding carboxylic acids is 2. The summed E-state index contributed by atoms with van der Waals surface area (Å²) in [5.41, 5.74) is -0.102. The van der Waals surface area contributed by atoms with Gasteiger partial charge < -0.3 is 19.1 Å². The van der Waals surface area contributed by atoms with Crippen molar-refractivity contribution in [3.63, 3.8) is 0 Å². The number of carbonyl (C=O) groups is 2. The average molecular weight is 385 g/mol. The first-order valence-electron chi connectivity index (χ1n) is 9.48. The van der Waals surface area contributed by atoms with Crippen LogP contribution in [0, 0.1) is 5.92 Å². The van der Waals surface area contributed by atoms with E-state index in [4.69, 9.17) is 14.2 Å². The zero-order chi connectivity index (χ0) is 20.3. The Hall–Kier alpha value is -2.76. The molecule has 0 aromatic heterocycles. The maximum absolute atomic E-state index is 12.2. The second-order valence-corrected chi connectivity index (χ2v) is 8.08. The summed E-state index contributed by atoms with van der Waals surface area (Å²) < 4.78 is 16.3. The third kappa shape index (κ3) is 4.74. The van der Waals surface area contributed by atoms with Crippen LogP contribution in [0.5, 0.6) is 5.75 Å². The van der Waals surface area contributed by atoms with Gasteiger partial charge in [0.2, 0.25) is 0 Å². The molecule has 1 atom stereocenters. The second kappa shape index (κ2) is 8.09. The molecule has 0 aliphatic carbocycles. The van der Waals surface area contributed by atoms with Crippen molar-refractivity contribution in [3.8, 4) is 5.75 Å². The molecule has 0 radical (unpaired) electrons. The number of hydrogen-bond acceptors (Lipinski definition) is 5. The monoisotopic (exact) mass is 385 g/mol. The third-order valence-corrected chi connectivity index (χ3v) is 4.67. The molecule has 28 heavy (non-hydrogen) atoms. The molecule has 0 saturated carbocycles. The third-order valence-electron chi connectivity index (χ3n) is 4.67. The minimum atomic E-state index is -0.508. The Morgan fingerprint density at radius 3 is 2.46 bits per heavy atom. The van der Waals surface area contributed by atoms with Crippen LogP contribution in [0.3, 0.4) is 0 Å². The summed E-state index contributed by atoms with van der Waals surface area (Å²) in [6, 6.07) is 11.4. The number of methoxy groups -OCH3 is 1. The Balaban J connectivity index is 1.68. The van der Waals surface area contributed by atoms with Gasteiger partial charge in [-0.05, 0) is 50.1 Å². The molecule has 1 aliphatic rings. The number of esters is 1. The average Bonchev–Trinajstić information content (AvgIpc) is 3.13. The summed E-state index contributed by atoms with van der Waals surface area (Å²) in [5, 5.41) is 1.94. The van der Waals surface area contributed by atoms with E-state index in [1.54, 1.807) is 11.0 Å². The van der Waals surface area contributed by atoms with Crippen LogP contribution in [0.25, 0.3) is 10.8 Å². The van der Waals surface area contributed by atoms with Gasteiger partial charge in [0.25, 0.3) is 0 Å². The molecule has 0 bridgehead atoms. The van der Waals surface area contributed by atoms with E-state index >= 15 is 0 Å². The van der Waals surface area contributed by atoms with Crippen LogP contribution < -0.4 is 4.74 Å². The lowest BCUT2D eigenvalue weighted by Gasteiger charge is -2.24. The molecule has 150 valence electrons. The van der Waals surface area contributed by atoms with Gasteiger partial charge in [-0.15, -0.1) is 0 Å². The number of rotatable bonds is 4. The van der Waals surface area contributed by atoms with Gasteiger partial charge >= 0.3 is 12.1 Å². The molecule has 1 aliphatic heterocycles. The number of benzene rings is 2. The molecule has 1 fully saturated rings. The highest BCUT2D eigenvalue weighted by Crippen LogP contribution is 2.28. The molecule has 1 unspecified atom stereocenters. The molecular formula is C22H27NO5. The summed E-state index contributed by atoms with van der Waals surface area (Å²) in [4.78, 5) is 26.1. The quantitative estimate of drug-likeness (QED) is 0.736. The lowest BCUT2D eigenvalue weighted by Crippen LogP contribution is -2.35. The van der Waals surface area contributed by atoms with Crippen molar-refractivity contribution in [2.75, 3.05) is 26.8 Å². The van der Waals surface area contributed by atoms with E-state index in [0.29, 0.717) is 31.0 Å². The Kier molecular flexibility index (Phi) is 5.77. The van der Waals surface area contributed by atoms with Crippen LogP contribution in [-0.4, -0.2) is 49.4 Å². The van der Waals surface area contributed by atoms with E-state index in [1.165, 1.54) is 7.11 Å². The zero-order valence-corrected chi connectivity index (χ0v) is 16.9. The summed E-state index contributed by atoms with van der Waals surface area (Å²) in [5.74, 6) is 0.258. The van der Waals surface area contributed by atoms with Crippen LogP contribution in [0.4, 0.5) is 4.79 Å². The molecule has 6 nitrogen and oxygen atoms in total. The maximum atomic E-state index is 12.2. The van der Waals surface area contributed by atoms with Gasteiger partial charge in [-0.25, -0.2) is 9.59 Å². The fourth-order valence-corrected chi connectivity index (χ4v) is 3.28. The predicted molar refractivity (Wildman–Crippen MR) is 107 cm³/mol. The largest absolute Gasteiger partial charge is 0.492 e. The van der Waals surface area contributed by atoms with Crippen LogP contribution >= 0.6 is 0 Å². The minimum Gasteiger partial charge on any atom is -0.492 e. The Labute approximate surface area is 165 Å². The van der Waals surface area contributed by atoms with Gasteiger partial charge in [0.1, 0.15) is 16.9 Å². The van der Waals surface area contributed by atoms with Crippen molar-refractivity contribution in [3.05, 3.63) is 42.0 Å². The first-order valence-corrected chi connectivity index (χ1v) is 9.48. The van der Waals surface area contributed by atoms with Crippen LogP contribution in [0.1, 0.15) is 37.6 Å². The molecule has 6 heteroatoms. The highest BCUT2D eigenvalue weighted by Gasteiger charge is 2.30. The summed E-state index contributed by atoms with van der Waals surface area (Å²) in [6.45, 7) is 7.21. The van der Waals surface area contributed by atoms with Crippen molar-refractivity contribution in [2.24, 2.45) is 5.92 Å². The van der Waals surface area contributed by atoms with Crippen molar-refractivity contribution in [1.82, 2.24) is 4.90 Å². The molecule has 0 spiro atoms. The highest BCUT2D eigenvalue weighted by atomic mass is 16.6. The van der Waals surface area contributed by atoms with Gasteiger partial charge in [-0.3, -0.25) is 0 Å². The van der Waals surface area contributed by atoms with E-state index in [2.05, 4.69) is 0 Å². The summed E-state index contributed by atoms with van der Waals surface area (Å²) in [6.07, 6.45) is 0.538. The molecule has 2 aromatic carbocycles.